The molecule has 118 valence electrons. The molecule has 0 saturated heterocycles. The Morgan fingerprint density at radius 1 is 1.43 bits per heavy atom. The van der Waals surface area contributed by atoms with Crippen LogP contribution in [0.2, 0.25) is 0 Å². The minimum atomic E-state index is -3.50. The van der Waals surface area contributed by atoms with Crippen LogP contribution in [0.15, 0.2) is 24.3 Å². The fraction of sp³-hybridized carbons (Fsp3) is 0.500. The second-order valence-electron chi connectivity index (χ2n) is 4.84. The maximum Gasteiger partial charge on any atom is 0.337 e. The molecule has 0 aliphatic rings. The van der Waals surface area contributed by atoms with Gasteiger partial charge >= 0.3 is 5.97 Å². The molecule has 6 nitrogen and oxygen atoms in total. The Morgan fingerprint density at radius 3 is 2.76 bits per heavy atom. The Morgan fingerprint density at radius 2 is 2.14 bits per heavy atom. The maximum absolute atomic E-state index is 12.0. The van der Waals surface area contributed by atoms with Crippen molar-refractivity contribution >= 4 is 16.0 Å². The summed E-state index contributed by atoms with van der Waals surface area (Å²) < 4.78 is 31.2. The zero-order valence-corrected chi connectivity index (χ0v) is 13.0. The molecule has 0 spiro atoms. The molecule has 0 aliphatic heterocycles. The zero-order valence-electron chi connectivity index (χ0n) is 12.2. The van der Waals surface area contributed by atoms with Crippen LogP contribution in [0.5, 0.6) is 0 Å². The number of benzene rings is 1. The highest BCUT2D eigenvalue weighted by Gasteiger charge is 2.16. The van der Waals surface area contributed by atoms with Crippen LogP contribution >= 0.6 is 0 Å². The normalized spacial score (nSPS) is 12.9. The van der Waals surface area contributed by atoms with E-state index in [0.29, 0.717) is 24.0 Å². The molecule has 1 rings (SSSR count). The predicted molar refractivity (Wildman–Crippen MR) is 79.3 cm³/mol. The van der Waals surface area contributed by atoms with Crippen molar-refractivity contribution in [2.24, 2.45) is 0 Å². The van der Waals surface area contributed by atoms with Crippen LogP contribution in [0, 0.1) is 0 Å². The molecule has 1 aromatic rings. The number of nitrogens with one attached hydrogen (secondary N) is 1. The second-order valence-corrected chi connectivity index (χ2v) is 6.59. The third-order valence-corrected chi connectivity index (χ3v) is 4.36. The molecular weight excluding hydrogens is 294 g/mol. The number of esters is 1. The summed E-state index contributed by atoms with van der Waals surface area (Å²) in [6, 6.07) is 6.09. The van der Waals surface area contributed by atoms with E-state index < -0.39 is 16.0 Å². The molecule has 21 heavy (non-hydrogen) atoms. The first-order valence-electron chi connectivity index (χ1n) is 6.66. The van der Waals surface area contributed by atoms with Gasteiger partial charge in [-0.2, -0.15) is 0 Å². The van der Waals surface area contributed by atoms with Crippen molar-refractivity contribution in [2.75, 3.05) is 13.7 Å². The molecule has 0 heterocycles. The molecule has 7 heteroatoms. The molecule has 0 aliphatic carbocycles. The maximum atomic E-state index is 12.0. The molecule has 1 unspecified atom stereocenters. The van der Waals surface area contributed by atoms with E-state index in [0.717, 1.165) is 0 Å². The first-order chi connectivity index (χ1) is 9.88. The van der Waals surface area contributed by atoms with Crippen LogP contribution < -0.4 is 4.72 Å². The molecule has 0 fully saturated rings. The Hall–Kier alpha value is -1.44. The van der Waals surface area contributed by atoms with Crippen molar-refractivity contribution in [3.05, 3.63) is 35.4 Å². The van der Waals surface area contributed by atoms with Gasteiger partial charge in [0, 0.05) is 12.6 Å². The molecule has 0 saturated carbocycles. The third kappa shape index (κ3) is 6.24. The quantitative estimate of drug-likeness (QED) is 0.700. The molecule has 0 bridgehead atoms. The van der Waals surface area contributed by atoms with Gasteiger partial charge in [0.15, 0.2) is 0 Å². The first-order valence-corrected chi connectivity index (χ1v) is 8.31. The van der Waals surface area contributed by atoms with E-state index in [-0.39, 0.29) is 18.4 Å². The fourth-order valence-corrected chi connectivity index (χ4v) is 3.36. The average Bonchev–Trinajstić information content (AvgIpc) is 2.43. The Kier molecular flexibility index (Phi) is 6.80. The molecule has 2 N–H and O–H groups in total. The number of rotatable bonds is 8. The summed E-state index contributed by atoms with van der Waals surface area (Å²) in [7, 11) is -2.22. The number of hydrogen-bond donors (Lipinski definition) is 2. The molecule has 1 aromatic carbocycles. The largest absolute Gasteiger partial charge is 0.465 e. The monoisotopic (exact) mass is 315 g/mol. The van der Waals surface area contributed by atoms with Gasteiger partial charge in [0.25, 0.3) is 0 Å². The Labute approximate surface area is 125 Å². The van der Waals surface area contributed by atoms with E-state index in [2.05, 4.69) is 9.46 Å². The van der Waals surface area contributed by atoms with Crippen LogP contribution in [0.1, 0.15) is 35.7 Å². The Balaban J connectivity index is 2.73. The van der Waals surface area contributed by atoms with Gasteiger partial charge in [-0.15, -0.1) is 0 Å². The average molecular weight is 315 g/mol. The molecule has 1 atom stereocenters. The van der Waals surface area contributed by atoms with Gasteiger partial charge in [0.2, 0.25) is 10.0 Å². The number of carbonyl (C=O) groups excluding carboxylic acids is 1. The van der Waals surface area contributed by atoms with Gasteiger partial charge in [-0.1, -0.05) is 12.1 Å². The minimum absolute atomic E-state index is 0.0350. The SMILES string of the molecule is COC(=O)c1cccc(CS(=O)(=O)NC(C)CCCO)c1. The van der Waals surface area contributed by atoms with Crippen molar-refractivity contribution in [1.82, 2.24) is 4.72 Å². The lowest BCUT2D eigenvalue weighted by atomic mass is 10.1. The highest BCUT2D eigenvalue weighted by molar-refractivity contribution is 7.88. The van der Waals surface area contributed by atoms with Crippen molar-refractivity contribution in [1.29, 1.82) is 0 Å². The summed E-state index contributed by atoms with van der Waals surface area (Å²) in [6.45, 7) is 1.78. The first kappa shape index (κ1) is 17.6. The zero-order chi connectivity index (χ0) is 15.9. The number of aliphatic hydroxyl groups is 1. The van der Waals surface area contributed by atoms with E-state index >= 15 is 0 Å². The third-order valence-electron chi connectivity index (χ3n) is 2.88. The fourth-order valence-electron chi connectivity index (χ4n) is 1.93. The van der Waals surface area contributed by atoms with Gasteiger partial charge in [0.1, 0.15) is 0 Å². The Bertz CT molecular complexity index is 570. The molecular formula is C14H21NO5S. The summed E-state index contributed by atoms with van der Waals surface area (Å²) in [6.07, 6.45) is 1.11. The summed E-state index contributed by atoms with van der Waals surface area (Å²) in [5, 5.41) is 8.73. The second kappa shape index (κ2) is 8.11. The van der Waals surface area contributed by atoms with Gasteiger partial charge in [-0.25, -0.2) is 17.9 Å². The lowest BCUT2D eigenvalue weighted by Gasteiger charge is -2.13. The van der Waals surface area contributed by atoms with Crippen molar-refractivity contribution < 1.29 is 23.1 Å². The van der Waals surface area contributed by atoms with Crippen molar-refractivity contribution in [3.8, 4) is 0 Å². The lowest BCUT2D eigenvalue weighted by molar-refractivity contribution is 0.0600. The predicted octanol–water partition coefficient (Wildman–Crippen LogP) is 1.05. The number of ether oxygens (including phenoxy) is 1. The number of aliphatic hydroxyl groups excluding tert-OH is 1. The van der Waals surface area contributed by atoms with Crippen LogP contribution in [-0.4, -0.2) is 39.3 Å². The highest BCUT2D eigenvalue weighted by Crippen LogP contribution is 2.10. The summed E-state index contributed by atoms with van der Waals surface area (Å²) >= 11 is 0. The van der Waals surface area contributed by atoms with E-state index in [4.69, 9.17) is 5.11 Å². The van der Waals surface area contributed by atoms with Crippen LogP contribution in [-0.2, 0) is 20.5 Å². The van der Waals surface area contributed by atoms with E-state index in [1.807, 2.05) is 0 Å². The smallest absolute Gasteiger partial charge is 0.337 e. The summed E-state index contributed by atoms with van der Waals surface area (Å²) in [5.41, 5.74) is 0.832. The number of sulfonamides is 1. The van der Waals surface area contributed by atoms with Gasteiger partial charge < -0.3 is 9.84 Å². The lowest BCUT2D eigenvalue weighted by Crippen LogP contribution is -2.33. The topological polar surface area (TPSA) is 92.7 Å². The van der Waals surface area contributed by atoms with E-state index in [1.54, 1.807) is 25.1 Å². The van der Waals surface area contributed by atoms with Crippen molar-refractivity contribution in [3.63, 3.8) is 0 Å². The molecule has 0 amide bonds. The van der Waals surface area contributed by atoms with Gasteiger partial charge in [-0.3, -0.25) is 0 Å². The number of hydrogen-bond acceptors (Lipinski definition) is 5. The van der Waals surface area contributed by atoms with Crippen LogP contribution in [0.3, 0.4) is 0 Å². The molecule has 0 radical (unpaired) electrons. The number of carbonyl (C=O) groups is 1. The summed E-state index contributed by atoms with van der Waals surface area (Å²) in [5.74, 6) is -0.708. The van der Waals surface area contributed by atoms with Crippen LogP contribution in [0.25, 0.3) is 0 Å². The van der Waals surface area contributed by atoms with E-state index in [1.165, 1.54) is 13.2 Å². The van der Waals surface area contributed by atoms with Crippen LogP contribution in [0.4, 0.5) is 0 Å². The van der Waals surface area contributed by atoms with E-state index in [9.17, 15) is 13.2 Å². The number of methoxy groups -OCH3 is 1. The highest BCUT2D eigenvalue weighted by atomic mass is 32.2. The minimum Gasteiger partial charge on any atom is -0.465 e. The summed E-state index contributed by atoms with van der Waals surface area (Å²) in [4.78, 5) is 11.4. The van der Waals surface area contributed by atoms with Gasteiger partial charge in [-0.05, 0) is 37.5 Å². The standard InChI is InChI=1S/C14H21NO5S/c1-11(5-4-8-16)15-21(18,19)10-12-6-3-7-13(9-12)14(17)20-2/h3,6-7,9,11,15-16H,4-5,8,10H2,1-2H3. The van der Waals surface area contributed by atoms with Crippen molar-refractivity contribution in [2.45, 2.75) is 31.6 Å². The van der Waals surface area contributed by atoms with Gasteiger partial charge in [0.05, 0.1) is 18.4 Å². The molecule has 0 aromatic heterocycles.